The number of hydrogen-bond acceptors (Lipinski definition) is 2. The Labute approximate surface area is 104 Å². The van der Waals surface area contributed by atoms with Crippen LogP contribution in [0.2, 0.25) is 0 Å². The normalized spacial score (nSPS) is 16.5. The van der Waals surface area contributed by atoms with E-state index < -0.39 is 0 Å². The Bertz CT molecular complexity index is 400. The van der Waals surface area contributed by atoms with Gasteiger partial charge in [-0.3, -0.25) is 4.68 Å². The van der Waals surface area contributed by atoms with Crippen LogP contribution in [0.3, 0.4) is 0 Å². The van der Waals surface area contributed by atoms with E-state index >= 15 is 0 Å². The van der Waals surface area contributed by atoms with Crippen molar-refractivity contribution in [3.63, 3.8) is 0 Å². The fraction of sp³-hybridized carbons (Fsp3) is 0.643. The monoisotopic (exact) mass is 233 g/mol. The topological polar surface area (TPSA) is 29.9 Å². The SMILES string of the molecule is CC(=CCCNC1CC1)Cc1cc(C)nn1C. The first-order chi connectivity index (χ1) is 8.15. The number of nitrogens with zero attached hydrogens (tertiary/aromatic N) is 2. The van der Waals surface area contributed by atoms with Crippen LogP contribution in [-0.2, 0) is 13.5 Å². The third kappa shape index (κ3) is 4.00. The third-order valence-electron chi connectivity index (χ3n) is 3.21. The Morgan fingerprint density at radius 3 is 2.94 bits per heavy atom. The minimum absolute atomic E-state index is 0.823. The lowest BCUT2D eigenvalue weighted by Gasteiger charge is -2.03. The zero-order chi connectivity index (χ0) is 12.3. The molecule has 1 saturated carbocycles. The van der Waals surface area contributed by atoms with Crippen molar-refractivity contribution < 1.29 is 0 Å². The smallest absolute Gasteiger partial charge is 0.0596 e. The van der Waals surface area contributed by atoms with E-state index in [2.05, 4.69) is 29.5 Å². The summed E-state index contributed by atoms with van der Waals surface area (Å²) in [5.41, 5.74) is 3.84. The molecule has 0 aromatic carbocycles. The van der Waals surface area contributed by atoms with E-state index in [9.17, 15) is 0 Å². The summed E-state index contributed by atoms with van der Waals surface area (Å²) in [6.45, 7) is 5.37. The zero-order valence-electron chi connectivity index (χ0n) is 11.2. The summed E-state index contributed by atoms with van der Waals surface area (Å²) < 4.78 is 1.98. The van der Waals surface area contributed by atoms with Gasteiger partial charge in [0.25, 0.3) is 0 Å². The van der Waals surface area contributed by atoms with Gasteiger partial charge in [0, 0.05) is 25.2 Å². The number of nitrogens with one attached hydrogen (secondary N) is 1. The molecule has 0 aliphatic heterocycles. The Hall–Kier alpha value is -1.09. The second-order valence-electron chi connectivity index (χ2n) is 5.14. The van der Waals surface area contributed by atoms with Crippen LogP contribution in [0.1, 0.15) is 37.6 Å². The molecule has 1 N–H and O–H groups in total. The standard InChI is InChI=1S/C14H23N3/c1-11(5-4-8-15-13-6-7-13)9-14-10-12(2)16-17(14)3/h5,10,13,15H,4,6-9H2,1-3H3. The third-order valence-corrected chi connectivity index (χ3v) is 3.21. The highest BCUT2D eigenvalue weighted by Gasteiger charge is 2.19. The summed E-state index contributed by atoms with van der Waals surface area (Å²) in [5, 5.41) is 7.90. The maximum Gasteiger partial charge on any atom is 0.0596 e. The van der Waals surface area contributed by atoms with Crippen molar-refractivity contribution in [1.82, 2.24) is 15.1 Å². The summed E-state index contributed by atoms with van der Waals surface area (Å²) in [5.74, 6) is 0. The van der Waals surface area contributed by atoms with Crippen molar-refractivity contribution in [2.75, 3.05) is 6.54 Å². The van der Waals surface area contributed by atoms with Gasteiger partial charge in [0.05, 0.1) is 5.69 Å². The van der Waals surface area contributed by atoms with Gasteiger partial charge in [-0.1, -0.05) is 11.6 Å². The van der Waals surface area contributed by atoms with Crippen LogP contribution in [-0.4, -0.2) is 22.4 Å². The molecule has 1 aromatic heterocycles. The molecule has 2 rings (SSSR count). The molecule has 1 aliphatic carbocycles. The number of aromatic nitrogens is 2. The maximum atomic E-state index is 4.37. The fourth-order valence-corrected chi connectivity index (χ4v) is 2.08. The Morgan fingerprint density at radius 2 is 2.35 bits per heavy atom. The highest BCUT2D eigenvalue weighted by molar-refractivity contribution is 5.16. The average molecular weight is 233 g/mol. The average Bonchev–Trinajstić information content (AvgIpc) is 3.02. The summed E-state index contributed by atoms with van der Waals surface area (Å²) in [6.07, 6.45) is 7.24. The van der Waals surface area contributed by atoms with Crippen molar-refractivity contribution in [2.24, 2.45) is 7.05 Å². The van der Waals surface area contributed by atoms with Gasteiger partial charge >= 0.3 is 0 Å². The molecular formula is C14H23N3. The van der Waals surface area contributed by atoms with E-state index in [1.165, 1.54) is 24.1 Å². The highest BCUT2D eigenvalue weighted by Crippen LogP contribution is 2.18. The molecule has 94 valence electrons. The number of hydrogen-bond donors (Lipinski definition) is 1. The van der Waals surface area contributed by atoms with Gasteiger partial charge in [0.2, 0.25) is 0 Å². The van der Waals surface area contributed by atoms with Crippen molar-refractivity contribution >= 4 is 0 Å². The van der Waals surface area contributed by atoms with Gasteiger partial charge in [0.15, 0.2) is 0 Å². The number of rotatable bonds is 6. The first-order valence-electron chi connectivity index (χ1n) is 6.53. The lowest BCUT2D eigenvalue weighted by molar-refractivity contribution is 0.686. The predicted octanol–water partition coefficient (Wildman–Crippen LogP) is 2.36. The summed E-state index contributed by atoms with van der Waals surface area (Å²) in [4.78, 5) is 0. The van der Waals surface area contributed by atoms with Gasteiger partial charge in [-0.2, -0.15) is 5.10 Å². The first kappa shape index (κ1) is 12.4. The molecular weight excluding hydrogens is 210 g/mol. The number of allylic oxidation sites excluding steroid dienone is 1. The van der Waals surface area contributed by atoms with E-state index in [0.717, 1.165) is 31.1 Å². The largest absolute Gasteiger partial charge is 0.314 e. The van der Waals surface area contributed by atoms with Crippen molar-refractivity contribution in [2.45, 2.75) is 45.6 Å². The Balaban J connectivity index is 1.76. The summed E-state index contributed by atoms with van der Waals surface area (Å²) in [7, 11) is 2.02. The lowest BCUT2D eigenvalue weighted by Crippen LogP contribution is -2.16. The molecule has 3 nitrogen and oxygen atoms in total. The molecule has 0 spiro atoms. The molecule has 0 amide bonds. The molecule has 0 atom stereocenters. The van der Waals surface area contributed by atoms with Crippen molar-refractivity contribution in [1.29, 1.82) is 0 Å². The molecule has 0 saturated heterocycles. The zero-order valence-corrected chi connectivity index (χ0v) is 11.2. The first-order valence-corrected chi connectivity index (χ1v) is 6.53. The number of aryl methyl sites for hydroxylation is 2. The van der Waals surface area contributed by atoms with Crippen LogP contribution in [0.25, 0.3) is 0 Å². The molecule has 3 heteroatoms. The Kier molecular flexibility index (Phi) is 4.00. The van der Waals surface area contributed by atoms with Gasteiger partial charge in [-0.05, 0) is 45.7 Å². The van der Waals surface area contributed by atoms with Gasteiger partial charge < -0.3 is 5.32 Å². The second kappa shape index (κ2) is 5.50. The summed E-state index contributed by atoms with van der Waals surface area (Å²) in [6, 6.07) is 2.99. The fourth-order valence-electron chi connectivity index (χ4n) is 2.08. The van der Waals surface area contributed by atoms with Crippen LogP contribution in [0.15, 0.2) is 17.7 Å². The quantitative estimate of drug-likeness (QED) is 0.604. The van der Waals surface area contributed by atoms with E-state index in [-0.39, 0.29) is 0 Å². The minimum Gasteiger partial charge on any atom is -0.314 e. The second-order valence-corrected chi connectivity index (χ2v) is 5.14. The molecule has 1 aromatic rings. The molecule has 0 unspecified atom stereocenters. The van der Waals surface area contributed by atoms with Crippen LogP contribution >= 0.6 is 0 Å². The van der Waals surface area contributed by atoms with Crippen molar-refractivity contribution in [3.05, 3.63) is 29.1 Å². The molecule has 1 aliphatic rings. The van der Waals surface area contributed by atoms with E-state index in [0.29, 0.717) is 0 Å². The van der Waals surface area contributed by atoms with Crippen molar-refractivity contribution in [3.8, 4) is 0 Å². The van der Waals surface area contributed by atoms with Crippen LogP contribution in [0, 0.1) is 6.92 Å². The predicted molar refractivity (Wildman–Crippen MR) is 71.0 cm³/mol. The maximum absolute atomic E-state index is 4.37. The lowest BCUT2D eigenvalue weighted by atomic mass is 10.1. The Morgan fingerprint density at radius 1 is 1.59 bits per heavy atom. The van der Waals surface area contributed by atoms with Crippen LogP contribution in [0.5, 0.6) is 0 Å². The van der Waals surface area contributed by atoms with E-state index in [1.54, 1.807) is 0 Å². The van der Waals surface area contributed by atoms with Crippen LogP contribution < -0.4 is 5.32 Å². The molecule has 0 radical (unpaired) electrons. The summed E-state index contributed by atoms with van der Waals surface area (Å²) >= 11 is 0. The van der Waals surface area contributed by atoms with Gasteiger partial charge in [-0.25, -0.2) is 0 Å². The minimum atomic E-state index is 0.823. The molecule has 0 bridgehead atoms. The van der Waals surface area contributed by atoms with Gasteiger partial charge in [-0.15, -0.1) is 0 Å². The van der Waals surface area contributed by atoms with E-state index in [4.69, 9.17) is 0 Å². The van der Waals surface area contributed by atoms with Crippen LogP contribution in [0.4, 0.5) is 0 Å². The van der Waals surface area contributed by atoms with E-state index in [1.807, 2.05) is 18.7 Å². The highest BCUT2D eigenvalue weighted by atomic mass is 15.3. The molecule has 1 fully saturated rings. The molecule has 17 heavy (non-hydrogen) atoms. The molecule has 1 heterocycles. The van der Waals surface area contributed by atoms with Gasteiger partial charge in [0.1, 0.15) is 0 Å².